The Kier molecular flexibility index (Phi) is 11.0. The normalized spacial score (nSPS) is 11.8. The molecule has 0 heterocycles. The number of methoxy groups -OCH3 is 1. The fraction of sp³-hybridized carbons (Fsp3) is 0.562. The van der Waals surface area contributed by atoms with Gasteiger partial charge in [0.25, 0.3) is 0 Å². The summed E-state index contributed by atoms with van der Waals surface area (Å²) in [5, 5.41) is 6.39. The summed E-state index contributed by atoms with van der Waals surface area (Å²) in [5.74, 6) is 0.524. The van der Waals surface area contributed by atoms with Gasteiger partial charge in [0.1, 0.15) is 5.82 Å². The van der Waals surface area contributed by atoms with E-state index in [1.807, 2.05) is 20.8 Å². The average molecular weight is 502 g/mol. The molecule has 1 aromatic rings. The molecule has 0 atom stereocenters. The molecular formula is C16H26BrFIN3O. The predicted molar refractivity (Wildman–Crippen MR) is 108 cm³/mol. The molecule has 4 nitrogen and oxygen atoms in total. The lowest BCUT2D eigenvalue weighted by Gasteiger charge is -2.21. The van der Waals surface area contributed by atoms with Crippen LogP contribution in [0.25, 0.3) is 0 Å². The van der Waals surface area contributed by atoms with Gasteiger partial charge in [0.05, 0.1) is 12.1 Å². The first-order valence-corrected chi connectivity index (χ1v) is 8.18. The minimum absolute atomic E-state index is 0. The summed E-state index contributed by atoms with van der Waals surface area (Å²) in [5.41, 5.74) is 0.369. The summed E-state index contributed by atoms with van der Waals surface area (Å²) in [6.07, 6.45) is 0.587. The van der Waals surface area contributed by atoms with E-state index in [4.69, 9.17) is 4.74 Å². The highest BCUT2D eigenvalue weighted by atomic mass is 127. The van der Waals surface area contributed by atoms with Crippen LogP contribution in [0, 0.1) is 5.82 Å². The quantitative estimate of drug-likeness (QED) is 0.340. The Labute approximate surface area is 163 Å². The van der Waals surface area contributed by atoms with Crippen molar-refractivity contribution in [1.29, 1.82) is 0 Å². The lowest BCUT2D eigenvalue weighted by atomic mass is 10.1. The summed E-state index contributed by atoms with van der Waals surface area (Å²) in [4.78, 5) is 4.49. The molecule has 0 aliphatic heterocycles. The van der Waals surface area contributed by atoms with Crippen molar-refractivity contribution in [3.63, 3.8) is 0 Å². The molecular weight excluding hydrogens is 476 g/mol. The van der Waals surface area contributed by atoms with Crippen LogP contribution in [0.15, 0.2) is 27.7 Å². The summed E-state index contributed by atoms with van der Waals surface area (Å²) in [6, 6.07) is 4.97. The summed E-state index contributed by atoms with van der Waals surface area (Å²) in [7, 11) is 1.67. The highest BCUT2D eigenvalue weighted by Gasteiger charge is 2.15. The third kappa shape index (κ3) is 8.85. The van der Waals surface area contributed by atoms with Gasteiger partial charge in [-0.15, -0.1) is 24.0 Å². The molecule has 1 rings (SSSR count). The maximum atomic E-state index is 13.7. The third-order valence-corrected chi connectivity index (χ3v) is 3.70. The van der Waals surface area contributed by atoms with E-state index >= 15 is 0 Å². The van der Waals surface area contributed by atoms with E-state index in [1.165, 1.54) is 6.07 Å². The Balaban J connectivity index is 0.00000484. The molecule has 0 spiro atoms. The first kappa shape index (κ1) is 22.6. The van der Waals surface area contributed by atoms with E-state index in [-0.39, 0.29) is 35.4 Å². The van der Waals surface area contributed by atoms with Crippen LogP contribution < -0.4 is 10.6 Å². The molecule has 0 aliphatic rings. The van der Waals surface area contributed by atoms with Crippen LogP contribution in [0.2, 0.25) is 0 Å². The number of halogens is 3. The fourth-order valence-corrected chi connectivity index (χ4v) is 2.13. The number of aliphatic imine (C=N–C) groups is 1. The van der Waals surface area contributed by atoms with Crippen LogP contribution in [-0.4, -0.2) is 38.3 Å². The van der Waals surface area contributed by atoms with Crippen molar-refractivity contribution >= 4 is 45.9 Å². The van der Waals surface area contributed by atoms with Gasteiger partial charge in [0.15, 0.2) is 5.96 Å². The molecule has 0 saturated carbocycles. The van der Waals surface area contributed by atoms with E-state index in [2.05, 4.69) is 31.6 Å². The highest BCUT2D eigenvalue weighted by molar-refractivity contribution is 14.0. The van der Waals surface area contributed by atoms with Gasteiger partial charge in [-0.3, -0.25) is 4.99 Å². The van der Waals surface area contributed by atoms with Gasteiger partial charge in [-0.25, -0.2) is 4.39 Å². The SMILES string of the molecule is CCNC(=NCC(C)(C)OC)NCCc1cc(Br)ccc1F.I. The molecule has 0 unspecified atom stereocenters. The maximum absolute atomic E-state index is 13.7. The van der Waals surface area contributed by atoms with Gasteiger partial charge >= 0.3 is 0 Å². The van der Waals surface area contributed by atoms with Crippen LogP contribution >= 0.6 is 39.9 Å². The largest absolute Gasteiger partial charge is 0.377 e. The van der Waals surface area contributed by atoms with Gasteiger partial charge < -0.3 is 15.4 Å². The summed E-state index contributed by atoms with van der Waals surface area (Å²) >= 11 is 3.36. The molecule has 132 valence electrons. The molecule has 0 radical (unpaired) electrons. The van der Waals surface area contributed by atoms with E-state index in [1.54, 1.807) is 19.2 Å². The highest BCUT2D eigenvalue weighted by Crippen LogP contribution is 2.15. The van der Waals surface area contributed by atoms with Gasteiger partial charge in [-0.1, -0.05) is 15.9 Å². The Morgan fingerprint density at radius 1 is 1.35 bits per heavy atom. The van der Waals surface area contributed by atoms with Crippen molar-refractivity contribution in [1.82, 2.24) is 10.6 Å². The van der Waals surface area contributed by atoms with Crippen LogP contribution in [0.3, 0.4) is 0 Å². The van der Waals surface area contributed by atoms with Crippen molar-refractivity contribution in [2.45, 2.75) is 32.8 Å². The molecule has 23 heavy (non-hydrogen) atoms. The molecule has 0 aromatic heterocycles. The number of ether oxygens (including phenoxy) is 1. The Morgan fingerprint density at radius 2 is 2.04 bits per heavy atom. The van der Waals surface area contributed by atoms with Crippen molar-refractivity contribution in [3.8, 4) is 0 Å². The maximum Gasteiger partial charge on any atom is 0.191 e. The second-order valence-electron chi connectivity index (χ2n) is 5.57. The zero-order valence-electron chi connectivity index (χ0n) is 14.1. The van der Waals surface area contributed by atoms with E-state index < -0.39 is 0 Å². The lowest BCUT2D eigenvalue weighted by Crippen LogP contribution is -2.40. The standard InChI is InChI=1S/C16H25BrFN3O.HI/c1-5-19-15(21-11-16(2,3)22-4)20-9-8-12-10-13(17)6-7-14(12)18;/h6-7,10H,5,8-9,11H2,1-4H3,(H2,19,20,21);1H. The molecule has 0 amide bonds. The smallest absolute Gasteiger partial charge is 0.191 e. The second kappa shape index (κ2) is 11.2. The molecule has 7 heteroatoms. The summed E-state index contributed by atoms with van der Waals surface area (Å²) in [6.45, 7) is 7.89. The molecule has 2 N–H and O–H groups in total. The average Bonchev–Trinajstić information content (AvgIpc) is 2.48. The monoisotopic (exact) mass is 501 g/mol. The first-order chi connectivity index (χ1) is 10.4. The number of nitrogens with one attached hydrogen (secondary N) is 2. The third-order valence-electron chi connectivity index (χ3n) is 3.21. The first-order valence-electron chi connectivity index (χ1n) is 7.39. The predicted octanol–water partition coefficient (Wildman–Crippen LogP) is 3.73. The number of hydrogen-bond acceptors (Lipinski definition) is 2. The van der Waals surface area contributed by atoms with Crippen LogP contribution in [-0.2, 0) is 11.2 Å². The van der Waals surface area contributed by atoms with E-state index in [0.29, 0.717) is 31.0 Å². The molecule has 1 aromatic carbocycles. The number of benzene rings is 1. The number of guanidine groups is 1. The van der Waals surface area contributed by atoms with Gasteiger partial charge in [-0.05, 0) is 51.0 Å². The fourth-order valence-electron chi connectivity index (χ4n) is 1.73. The van der Waals surface area contributed by atoms with Crippen LogP contribution in [0.4, 0.5) is 4.39 Å². The summed E-state index contributed by atoms with van der Waals surface area (Å²) < 4.78 is 19.9. The van der Waals surface area contributed by atoms with Gasteiger partial charge in [-0.2, -0.15) is 0 Å². The minimum Gasteiger partial charge on any atom is -0.377 e. The number of hydrogen-bond donors (Lipinski definition) is 2. The van der Waals surface area contributed by atoms with E-state index in [9.17, 15) is 4.39 Å². The van der Waals surface area contributed by atoms with Crippen molar-refractivity contribution in [2.75, 3.05) is 26.7 Å². The Morgan fingerprint density at radius 3 is 2.65 bits per heavy atom. The molecule has 0 saturated heterocycles. The zero-order chi connectivity index (χ0) is 16.6. The topological polar surface area (TPSA) is 45.7 Å². The van der Waals surface area contributed by atoms with Gasteiger partial charge in [0.2, 0.25) is 0 Å². The minimum atomic E-state index is -0.307. The van der Waals surface area contributed by atoms with Crippen LogP contribution in [0.5, 0.6) is 0 Å². The van der Waals surface area contributed by atoms with Crippen molar-refractivity contribution in [3.05, 3.63) is 34.1 Å². The molecule has 0 aliphatic carbocycles. The van der Waals surface area contributed by atoms with Crippen molar-refractivity contribution < 1.29 is 9.13 Å². The van der Waals surface area contributed by atoms with E-state index in [0.717, 1.165) is 11.0 Å². The molecule has 0 fully saturated rings. The lowest BCUT2D eigenvalue weighted by molar-refractivity contribution is 0.0310. The van der Waals surface area contributed by atoms with Crippen LogP contribution in [0.1, 0.15) is 26.3 Å². The second-order valence-corrected chi connectivity index (χ2v) is 6.49. The van der Waals surface area contributed by atoms with Gasteiger partial charge in [0, 0.05) is 24.7 Å². The number of nitrogens with zero attached hydrogens (tertiary/aromatic N) is 1. The Hall–Kier alpha value is -0.410. The molecule has 0 bridgehead atoms. The van der Waals surface area contributed by atoms with Crippen molar-refractivity contribution in [2.24, 2.45) is 4.99 Å². The Bertz CT molecular complexity index is 512. The number of rotatable bonds is 7. The zero-order valence-corrected chi connectivity index (χ0v) is 18.0.